The van der Waals surface area contributed by atoms with Crippen LogP contribution >= 0.6 is 11.3 Å². The number of piperidine rings is 1. The lowest BCUT2D eigenvalue weighted by Gasteiger charge is -2.37. The topological polar surface area (TPSA) is 23.5 Å². The summed E-state index contributed by atoms with van der Waals surface area (Å²) in [6.45, 7) is 7.40. The molecule has 0 spiro atoms. The van der Waals surface area contributed by atoms with Gasteiger partial charge in [0.2, 0.25) is 0 Å². The molecule has 0 amide bonds. The Bertz CT molecular complexity index is 326. The van der Waals surface area contributed by atoms with Gasteiger partial charge in [0.25, 0.3) is 0 Å². The van der Waals surface area contributed by atoms with E-state index in [1.54, 1.807) is 11.3 Å². The van der Waals surface area contributed by atoms with Crippen LogP contribution in [-0.2, 0) is 5.60 Å². The second-order valence-corrected chi connectivity index (χ2v) is 5.53. The van der Waals surface area contributed by atoms with Crippen LogP contribution in [-0.4, -0.2) is 29.6 Å². The van der Waals surface area contributed by atoms with Crippen molar-refractivity contribution in [2.45, 2.75) is 32.3 Å². The number of rotatable bonds is 2. The predicted octanol–water partition coefficient (Wildman–Crippen LogP) is 2.36. The first-order valence-corrected chi connectivity index (χ1v) is 6.52. The third-order valence-electron chi connectivity index (χ3n) is 3.40. The van der Waals surface area contributed by atoms with Crippen LogP contribution in [0, 0.1) is 6.92 Å². The van der Waals surface area contributed by atoms with Gasteiger partial charge in [-0.2, -0.15) is 0 Å². The standard InChI is InChI=1S/C12H19NOS/c1-3-13-6-4-12(14,5-7-13)11-8-10(2)15-9-11/h8-9,14H,3-7H2,1-2H3. The number of hydrogen-bond acceptors (Lipinski definition) is 3. The molecule has 1 aliphatic rings. The van der Waals surface area contributed by atoms with E-state index in [2.05, 4.69) is 30.2 Å². The maximum Gasteiger partial charge on any atom is 0.0929 e. The van der Waals surface area contributed by atoms with Crippen LogP contribution in [0.4, 0.5) is 0 Å². The van der Waals surface area contributed by atoms with Gasteiger partial charge in [-0.25, -0.2) is 0 Å². The SMILES string of the molecule is CCN1CCC(O)(c2csc(C)c2)CC1. The van der Waals surface area contributed by atoms with Crippen molar-refractivity contribution in [1.29, 1.82) is 0 Å². The molecule has 15 heavy (non-hydrogen) atoms. The van der Waals surface area contributed by atoms with E-state index in [-0.39, 0.29) is 0 Å². The first-order chi connectivity index (χ1) is 7.14. The molecular weight excluding hydrogens is 206 g/mol. The summed E-state index contributed by atoms with van der Waals surface area (Å²) in [5, 5.41) is 12.7. The van der Waals surface area contributed by atoms with Gasteiger partial charge in [-0.1, -0.05) is 6.92 Å². The second-order valence-electron chi connectivity index (χ2n) is 4.41. The van der Waals surface area contributed by atoms with Crippen molar-refractivity contribution in [1.82, 2.24) is 4.90 Å². The lowest BCUT2D eigenvalue weighted by atomic mass is 9.86. The summed E-state index contributed by atoms with van der Waals surface area (Å²) in [4.78, 5) is 3.68. The number of nitrogens with zero attached hydrogens (tertiary/aromatic N) is 1. The predicted molar refractivity (Wildman–Crippen MR) is 64.3 cm³/mol. The number of aryl methyl sites for hydroxylation is 1. The fourth-order valence-corrected chi connectivity index (χ4v) is 3.01. The van der Waals surface area contributed by atoms with Gasteiger partial charge in [0.1, 0.15) is 0 Å². The van der Waals surface area contributed by atoms with Gasteiger partial charge in [0.05, 0.1) is 5.60 Å². The van der Waals surface area contributed by atoms with Crippen molar-refractivity contribution in [3.05, 3.63) is 21.9 Å². The highest BCUT2D eigenvalue weighted by Gasteiger charge is 2.33. The molecule has 0 unspecified atom stereocenters. The van der Waals surface area contributed by atoms with Gasteiger partial charge in [-0.15, -0.1) is 11.3 Å². The van der Waals surface area contributed by atoms with Crippen LogP contribution in [0.3, 0.4) is 0 Å². The molecule has 1 fully saturated rings. The average molecular weight is 225 g/mol. The maximum atomic E-state index is 10.5. The molecule has 2 rings (SSSR count). The number of hydrogen-bond donors (Lipinski definition) is 1. The lowest BCUT2D eigenvalue weighted by molar-refractivity contribution is -0.0243. The molecular formula is C12H19NOS. The van der Waals surface area contributed by atoms with Crippen molar-refractivity contribution in [2.24, 2.45) is 0 Å². The Balaban J connectivity index is 2.09. The summed E-state index contributed by atoms with van der Waals surface area (Å²) in [6, 6.07) is 2.13. The molecule has 84 valence electrons. The van der Waals surface area contributed by atoms with E-state index in [9.17, 15) is 5.11 Å². The Hall–Kier alpha value is -0.380. The Kier molecular flexibility index (Phi) is 3.14. The first-order valence-electron chi connectivity index (χ1n) is 5.64. The molecule has 2 heterocycles. The van der Waals surface area contributed by atoms with Crippen LogP contribution in [0.25, 0.3) is 0 Å². The van der Waals surface area contributed by atoms with E-state index in [0.29, 0.717) is 0 Å². The molecule has 0 saturated carbocycles. The molecule has 1 aromatic heterocycles. The van der Waals surface area contributed by atoms with Crippen molar-refractivity contribution in [2.75, 3.05) is 19.6 Å². The molecule has 1 aromatic rings. The fraction of sp³-hybridized carbons (Fsp3) is 0.667. The zero-order valence-electron chi connectivity index (χ0n) is 9.49. The van der Waals surface area contributed by atoms with E-state index < -0.39 is 5.60 Å². The van der Waals surface area contributed by atoms with E-state index in [1.165, 1.54) is 4.88 Å². The molecule has 0 aliphatic carbocycles. The van der Waals surface area contributed by atoms with Crippen LogP contribution < -0.4 is 0 Å². The largest absolute Gasteiger partial charge is 0.385 e. The Morgan fingerprint density at radius 3 is 2.60 bits per heavy atom. The monoisotopic (exact) mass is 225 g/mol. The molecule has 3 heteroatoms. The molecule has 1 aliphatic heterocycles. The highest BCUT2D eigenvalue weighted by atomic mass is 32.1. The molecule has 2 nitrogen and oxygen atoms in total. The summed E-state index contributed by atoms with van der Waals surface area (Å²) >= 11 is 1.73. The minimum Gasteiger partial charge on any atom is -0.385 e. The molecule has 0 atom stereocenters. The smallest absolute Gasteiger partial charge is 0.0929 e. The summed E-state index contributed by atoms with van der Waals surface area (Å²) in [5.74, 6) is 0. The molecule has 0 bridgehead atoms. The number of likely N-dealkylation sites (tertiary alicyclic amines) is 1. The van der Waals surface area contributed by atoms with Crippen LogP contribution in [0.15, 0.2) is 11.4 Å². The minimum absolute atomic E-state index is 0.559. The lowest BCUT2D eigenvalue weighted by Crippen LogP contribution is -2.42. The molecule has 0 radical (unpaired) electrons. The number of thiophene rings is 1. The summed E-state index contributed by atoms with van der Waals surface area (Å²) < 4.78 is 0. The maximum absolute atomic E-state index is 10.5. The van der Waals surface area contributed by atoms with Crippen LogP contribution in [0.1, 0.15) is 30.2 Å². The van der Waals surface area contributed by atoms with Crippen molar-refractivity contribution >= 4 is 11.3 Å². The Morgan fingerprint density at radius 1 is 1.47 bits per heavy atom. The van der Waals surface area contributed by atoms with Gasteiger partial charge in [0, 0.05) is 18.0 Å². The second kappa shape index (κ2) is 4.24. The Labute approximate surface area is 95.5 Å². The van der Waals surface area contributed by atoms with Gasteiger partial charge >= 0.3 is 0 Å². The van der Waals surface area contributed by atoms with Crippen molar-refractivity contribution in [3.8, 4) is 0 Å². The highest BCUT2D eigenvalue weighted by Crippen LogP contribution is 2.34. The van der Waals surface area contributed by atoms with E-state index >= 15 is 0 Å². The average Bonchev–Trinajstić information content (AvgIpc) is 2.67. The molecule has 1 N–H and O–H groups in total. The number of aliphatic hydroxyl groups is 1. The zero-order chi connectivity index (χ0) is 10.9. The van der Waals surface area contributed by atoms with Gasteiger partial charge < -0.3 is 10.0 Å². The third-order valence-corrected chi connectivity index (χ3v) is 4.26. The van der Waals surface area contributed by atoms with Crippen LogP contribution in [0.5, 0.6) is 0 Å². The first kappa shape index (κ1) is 11.1. The van der Waals surface area contributed by atoms with Gasteiger partial charge in [-0.3, -0.25) is 0 Å². The van der Waals surface area contributed by atoms with Crippen molar-refractivity contribution < 1.29 is 5.11 Å². The van der Waals surface area contributed by atoms with E-state index in [4.69, 9.17) is 0 Å². The quantitative estimate of drug-likeness (QED) is 0.835. The van der Waals surface area contributed by atoms with Gasteiger partial charge in [0.15, 0.2) is 0 Å². The molecule has 1 saturated heterocycles. The summed E-state index contributed by atoms with van der Waals surface area (Å²) in [6.07, 6.45) is 1.74. The van der Waals surface area contributed by atoms with E-state index in [0.717, 1.165) is 38.0 Å². The zero-order valence-corrected chi connectivity index (χ0v) is 10.3. The Morgan fingerprint density at radius 2 is 2.13 bits per heavy atom. The van der Waals surface area contributed by atoms with E-state index in [1.807, 2.05) is 0 Å². The van der Waals surface area contributed by atoms with Gasteiger partial charge in [-0.05, 0) is 43.3 Å². The fourth-order valence-electron chi connectivity index (χ4n) is 2.22. The van der Waals surface area contributed by atoms with Crippen molar-refractivity contribution in [3.63, 3.8) is 0 Å². The van der Waals surface area contributed by atoms with Crippen LogP contribution in [0.2, 0.25) is 0 Å². The molecule has 0 aromatic carbocycles. The summed E-state index contributed by atoms with van der Waals surface area (Å²) in [5.41, 5.74) is 0.567. The highest BCUT2D eigenvalue weighted by molar-refractivity contribution is 7.10. The minimum atomic E-state index is -0.559. The third kappa shape index (κ3) is 2.25. The normalized spacial score (nSPS) is 21.8. The summed E-state index contributed by atoms with van der Waals surface area (Å²) in [7, 11) is 0.